The monoisotopic (exact) mass is 328 g/mol. The Morgan fingerprint density at radius 3 is 2.22 bits per heavy atom. The molecule has 1 aromatic carbocycles. The summed E-state index contributed by atoms with van der Waals surface area (Å²) < 4.78 is 0. The van der Waals surface area contributed by atoms with Crippen LogP contribution in [-0.4, -0.2) is 16.8 Å². The van der Waals surface area contributed by atoms with Gasteiger partial charge in [0.2, 0.25) is 0 Å². The van der Waals surface area contributed by atoms with E-state index in [0.717, 1.165) is 10.5 Å². The molecule has 2 nitrogen and oxygen atoms in total. The first-order valence-corrected chi connectivity index (χ1v) is 8.46. The first-order chi connectivity index (χ1) is 10.8. The van der Waals surface area contributed by atoms with E-state index in [1.807, 2.05) is 51.1 Å². The minimum Gasteiger partial charge on any atom is -0.299 e. The summed E-state index contributed by atoms with van der Waals surface area (Å²) in [6.07, 6.45) is 5.38. The Balaban J connectivity index is 2.86. The number of carbonyl (C=O) groups excluding carboxylic acids is 2. The van der Waals surface area contributed by atoms with Gasteiger partial charge in [0, 0.05) is 16.9 Å². The first-order valence-electron chi connectivity index (χ1n) is 7.58. The molecule has 0 fully saturated rings. The Hall–Kier alpha value is -1.87. The van der Waals surface area contributed by atoms with Crippen molar-refractivity contribution >= 4 is 23.3 Å². The van der Waals surface area contributed by atoms with Crippen molar-refractivity contribution in [2.24, 2.45) is 0 Å². The number of hydrogen-bond acceptors (Lipinski definition) is 3. The van der Waals surface area contributed by atoms with E-state index >= 15 is 0 Å². The van der Waals surface area contributed by atoms with Crippen molar-refractivity contribution in [3.05, 3.63) is 65.8 Å². The highest BCUT2D eigenvalue weighted by molar-refractivity contribution is 8.00. The van der Waals surface area contributed by atoms with Gasteiger partial charge in [0.15, 0.2) is 5.78 Å². The van der Waals surface area contributed by atoms with Crippen LogP contribution in [0.25, 0.3) is 0 Å². The number of rotatable bonds is 8. The minimum absolute atomic E-state index is 0.00884. The molecule has 0 saturated carbocycles. The van der Waals surface area contributed by atoms with Gasteiger partial charge in [0.1, 0.15) is 5.78 Å². The zero-order valence-electron chi connectivity index (χ0n) is 14.3. The molecule has 1 atom stereocenters. The van der Waals surface area contributed by atoms with Gasteiger partial charge in [-0.15, -0.1) is 11.8 Å². The normalized spacial score (nSPS) is 12.4. The highest BCUT2D eigenvalue weighted by Crippen LogP contribution is 2.27. The van der Waals surface area contributed by atoms with Gasteiger partial charge in [0.05, 0.1) is 5.25 Å². The summed E-state index contributed by atoms with van der Waals surface area (Å²) in [6.45, 7) is 11.2. The molecule has 0 aliphatic rings. The molecule has 0 aliphatic carbocycles. The topological polar surface area (TPSA) is 34.1 Å². The lowest BCUT2D eigenvalue weighted by atomic mass is 10.0. The lowest BCUT2D eigenvalue weighted by molar-refractivity contribution is -0.120. The second-order valence-corrected chi connectivity index (χ2v) is 7.00. The molecule has 0 saturated heterocycles. The number of benzene rings is 1. The van der Waals surface area contributed by atoms with Crippen LogP contribution in [0, 0.1) is 6.92 Å². The maximum Gasteiger partial charge on any atom is 0.164 e. The summed E-state index contributed by atoms with van der Waals surface area (Å²) in [5, 5.41) is -0.375. The lowest BCUT2D eigenvalue weighted by Gasteiger charge is -2.13. The fourth-order valence-electron chi connectivity index (χ4n) is 1.87. The molecule has 0 bridgehead atoms. The number of hydrogen-bond donors (Lipinski definition) is 0. The molecule has 0 spiro atoms. The Labute approximate surface area is 143 Å². The van der Waals surface area contributed by atoms with Gasteiger partial charge in [-0.3, -0.25) is 9.59 Å². The largest absolute Gasteiger partial charge is 0.299 e. The number of ketones is 2. The summed E-state index contributed by atoms with van der Waals surface area (Å²) in [6, 6.07) is 7.97. The zero-order chi connectivity index (χ0) is 17.4. The quantitative estimate of drug-likeness (QED) is 0.379. The van der Waals surface area contributed by atoms with Gasteiger partial charge < -0.3 is 0 Å². The molecule has 1 rings (SSSR count). The van der Waals surface area contributed by atoms with Crippen LogP contribution in [0.1, 0.15) is 32.8 Å². The van der Waals surface area contributed by atoms with Crippen molar-refractivity contribution in [3.63, 3.8) is 0 Å². The van der Waals surface area contributed by atoms with Gasteiger partial charge in [0.25, 0.3) is 0 Å². The van der Waals surface area contributed by atoms with Crippen molar-refractivity contribution in [3.8, 4) is 0 Å². The SMILES string of the molecule is C=C/C(=C\C=C(C)C)C(=O)CC(Sc1ccc(C)cc1)C(C)=O. The highest BCUT2D eigenvalue weighted by atomic mass is 32.2. The van der Waals surface area contributed by atoms with E-state index in [1.54, 1.807) is 12.2 Å². The summed E-state index contributed by atoms with van der Waals surface area (Å²) >= 11 is 1.44. The predicted molar refractivity (Wildman–Crippen MR) is 98.8 cm³/mol. The van der Waals surface area contributed by atoms with Gasteiger partial charge >= 0.3 is 0 Å². The van der Waals surface area contributed by atoms with Crippen molar-refractivity contribution in [1.29, 1.82) is 0 Å². The van der Waals surface area contributed by atoms with Crippen LogP contribution in [0.3, 0.4) is 0 Å². The van der Waals surface area contributed by atoms with E-state index in [2.05, 4.69) is 6.58 Å². The van der Waals surface area contributed by atoms with Gasteiger partial charge in [-0.25, -0.2) is 0 Å². The first kappa shape index (κ1) is 19.2. The molecule has 0 radical (unpaired) electrons. The Morgan fingerprint density at radius 1 is 1.13 bits per heavy atom. The third-order valence-electron chi connectivity index (χ3n) is 3.26. The Morgan fingerprint density at radius 2 is 1.74 bits per heavy atom. The highest BCUT2D eigenvalue weighted by Gasteiger charge is 2.21. The number of allylic oxidation sites excluding steroid dienone is 5. The zero-order valence-corrected chi connectivity index (χ0v) is 15.1. The molecular formula is C20H24O2S. The summed E-state index contributed by atoms with van der Waals surface area (Å²) in [7, 11) is 0. The smallest absolute Gasteiger partial charge is 0.164 e. The van der Waals surface area contributed by atoms with Crippen LogP contribution in [0.15, 0.2) is 65.1 Å². The number of aryl methyl sites for hydroxylation is 1. The van der Waals surface area contributed by atoms with Crippen LogP contribution in [0.4, 0.5) is 0 Å². The Bertz CT molecular complexity index is 632. The molecule has 1 unspecified atom stereocenters. The van der Waals surface area contributed by atoms with E-state index in [9.17, 15) is 9.59 Å². The average Bonchev–Trinajstić information content (AvgIpc) is 2.49. The molecule has 3 heteroatoms. The van der Waals surface area contributed by atoms with Crippen molar-refractivity contribution in [2.75, 3.05) is 0 Å². The van der Waals surface area contributed by atoms with Crippen LogP contribution < -0.4 is 0 Å². The maximum atomic E-state index is 12.4. The number of carbonyl (C=O) groups is 2. The van der Waals surface area contributed by atoms with Crippen LogP contribution in [0.2, 0.25) is 0 Å². The molecule has 122 valence electrons. The molecule has 1 aromatic rings. The van der Waals surface area contributed by atoms with E-state index in [-0.39, 0.29) is 23.2 Å². The molecule has 0 heterocycles. The molecule has 0 aliphatic heterocycles. The summed E-state index contributed by atoms with van der Waals surface area (Å²) in [4.78, 5) is 25.3. The van der Waals surface area contributed by atoms with Gasteiger partial charge in [-0.05, 0) is 39.8 Å². The number of thioether (sulfide) groups is 1. The van der Waals surface area contributed by atoms with E-state index in [4.69, 9.17) is 0 Å². The van der Waals surface area contributed by atoms with Crippen LogP contribution >= 0.6 is 11.8 Å². The van der Waals surface area contributed by atoms with Crippen LogP contribution in [0.5, 0.6) is 0 Å². The maximum absolute atomic E-state index is 12.4. The fraction of sp³-hybridized carbons (Fsp3) is 0.300. The number of Topliss-reactive ketones (excluding diaryl/α,β-unsaturated/α-hetero) is 2. The van der Waals surface area contributed by atoms with E-state index in [1.165, 1.54) is 24.2 Å². The second-order valence-electron chi connectivity index (χ2n) is 5.73. The predicted octanol–water partition coefficient (Wildman–Crippen LogP) is 5.08. The molecule has 0 N–H and O–H groups in total. The van der Waals surface area contributed by atoms with Crippen molar-refractivity contribution in [2.45, 2.75) is 44.3 Å². The molecular weight excluding hydrogens is 304 g/mol. The third kappa shape index (κ3) is 6.83. The van der Waals surface area contributed by atoms with Crippen molar-refractivity contribution in [1.82, 2.24) is 0 Å². The van der Waals surface area contributed by atoms with Gasteiger partial charge in [-0.1, -0.05) is 48.1 Å². The fourth-order valence-corrected chi connectivity index (χ4v) is 2.89. The average molecular weight is 328 g/mol. The Kier molecular flexibility index (Phi) is 7.76. The molecule has 23 heavy (non-hydrogen) atoms. The standard InChI is InChI=1S/C20H24O2S/c1-6-17(10-7-14(2)3)19(22)13-20(16(5)21)23-18-11-8-15(4)9-12-18/h6-12,20H,1,13H2,2-5H3/b17-10+. The van der Waals surface area contributed by atoms with E-state index in [0.29, 0.717) is 5.57 Å². The molecule has 0 amide bonds. The van der Waals surface area contributed by atoms with Crippen molar-refractivity contribution < 1.29 is 9.59 Å². The van der Waals surface area contributed by atoms with Gasteiger partial charge in [-0.2, -0.15) is 0 Å². The third-order valence-corrected chi connectivity index (χ3v) is 4.59. The lowest BCUT2D eigenvalue weighted by Crippen LogP contribution is -2.19. The minimum atomic E-state index is -0.375. The summed E-state index contributed by atoms with van der Waals surface area (Å²) in [5.74, 6) is -0.0492. The van der Waals surface area contributed by atoms with Crippen LogP contribution in [-0.2, 0) is 9.59 Å². The summed E-state index contributed by atoms with van der Waals surface area (Å²) in [5.41, 5.74) is 2.82. The van der Waals surface area contributed by atoms with E-state index < -0.39 is 0 Å². The molecule has 0 aromatic heterocycles. The second kappa shape index (κ2) is 9.31.